The van der Waals surface area contributed by atoms with Crippen molar-refractivity contribution in [2.24, 2.45) is 0 Å². The first-order valence-corrected chi connectivity index (χ1v) is 11.0. The maximum Gasteiger partial charge on any atom is 0.276 e. The third-order valence-electron chi connectivity index (χ3n) is 4.09. The molecule has 0 radical (unpaired) electrons. The molecule has 0 atom stereocenters. The van der Waals surface area contributed by atoms with Crippen molar-refractivity contribution in [3.05, 3.63) is 59.7 Å². The van der Waals surface area contributed by atoms with Crippen molar-refractivity contribution in [1.29, 1.82) is 0 Å². The van der Waals surface area contributed by atoms with Crippen molar-refractivity contribution in [2.45, 2.75) is 4.58 Å². The van der Waals surface area contributed by atoms with Gasteiger partial charge in [-0.3, -0.25) is 20.4 Å². The monoisotopic (exact) mass is 417 g/mol. The van der Waals surface area contributed by atoms with Gasteiger partial charge in [-0.1, -0.05) is 24.3 Å². The van der Waals surface area contributed by atoms with E-state index in [4.69, 9.17) is 4.74 Å². The van der Waals surface area contributed by atoms with Gasteiger partial charge < -0.3 is 9.64 Å². The minimum atomic E-state index is -0.418. The van der Waals surface area contributed by atoms with Crippen LogP contribution < -0.4 is 20.5 Å². The van der Waals surface area contributed by atoms with E-state index in [1.807, 2.05) is 72.9 Å². The molecule has 2 aromatic rings. The van der Waals surface area contributed by atoms with Crippen LogP contribution in [0.5, 0.6) is 5.75 Å². The maximum absolute atomic E-state index is 12.2. The second kappa shape index (κ2) is 9.75. The first kappa shape index (κ1) is 20.4. The second-order valence-electron chi connectivity index (χ2n) is 6.35. The molecule has 0 aromatic heterocycles. The summed E-state index contributed by atoms with van der Waals surface area (Å²) in [6.07, 6.45) is 0. The number of nitrogens with one attached hydrogen (secondary N) is 2. The Balaban J connectivity index is 1.51. The molecular weight excluding hydrogens is 394 g/mol. The first-order valence-electron chi connectivity index (χ1n) is 8.86. The highest BCUT2D eigenvalue weighted by molar-refractivity contribution is 8.19. The van der Waals surface area contributed by atoms with E-state index >= 15 is 0 Å². The molecule has 6 nitrogen and oxygen atoms in total. The summed E-state index contributed by atoms with van der Waals surface area (Å²) in [5, 5.41) is 0. The molecule has 0 aliphatic carbocycles. The van der Waals surface area contributed by atoms with Crippen molar-refractivity contribution >= 4 is 41.0 Å². The number of carbonyl (C=O) groups excluding carboxylic acids is 2. The van der Waals surface area contributed by atoms with Crippen molar-refractivity contribution < 1.29 is 14.3 Å². The van der Waals surface area contributed by atoms with Crippen LogP contribution in [0.3, 0.4) is 0 Å². The van der Waals surface area contributed by atoms with Crippen LogP contribution in [0.15, 0.2) is 48.5 Å². The molecule has 1 aliphatic heterocycles. The Kier molecular flexibility index (Phi) is 7.11. The Bertz CT molecular complexity index is 839. The van der Waals surface area contributed by atoms with E-state index in [0.29, 0.717) is 15.9 Å². The van der Waals surface area contributed by atoms with Gasteiger partial charge in [-0.15, -0.1) is 23.5 Å². The molecule has 1 saturated heterocycles. The number of hydrogen-bond donors (Lipinski definition) is 2. The third-order valence-corrected chi connectivity index (χ3v) is 7.16. The summed E-state index contributed by atoms with van der Waals surface area (Å²) in [7, 11) is 3.80. The molecule has 0 spiro atoms. The van der Waals surface area contributed by atoms with Gasteiger partial charge in [-0.2, -0.15) is 0 Å². The van der Waals surface area contributed by atoms with Gasteiger partial charge in [0, 0.05) is 42.4 Å². The lowest BCUT2D eigenvalue weighted by molar-refractivity contribution is -0.123. The lowest BCUT2D eigenvalue weighted by Crippen LogP contribution is -2.43. The highest BCUT2D eigenvalue weighted by Crippen LogP contribution is 2.48. The van der Waals surface area contributed by atoms with Gasteiger partial charge in [0.15, 0.2) is 6.61 Å². The van der Waals surface area contributed by atoms with Crippen LogP contribution in [0.4, 0.5) is 5.69 Å². The Labute approximate surface area is 173 Å². The number of carbonyl (C=O) groups is 2. The zero-order chi connectivity index (χ0) is 19.9. The fourth-order valence-corrected chi connectivity index (χ4v) is 5.56. The number of thioether (sulfide) groups is 2. The minimum absolute atomic E-state index is 0.170. The molecule has 3 rings (SSSR count). The quantitative estimate of drug-likeness (QED) is 0.704. The van der Waals surface area contributed by atoms with Crippen LogP contribution in [-0.2, 0) is 4.79 Å². The normalized spacial score (nSPS) is 13.8. The highest BCUT2D eigenvalue weighted by Gasteiger charge is 2.22. The van der Waals surface area contributed by atoms with E-state index < -0.39 is 5.91 Å². The smallest absolute Gasteiger partial charge is 0.276 e. The molecular formula is C20H23N3O3S2. The number of para-hydroxylation sites is 1. The molecule has 0 saturated carbocycles. The standard InChI is InChI=1S/C20H23N3O3S2/c1-23(2)15-7-5-6-14(12-15)19(25)22-21-18(24)13-26-17-9-4-3-8-16(17)20-27-10-11-28-20/h3-9,12,20H,10-11,13H2,1-2H3,(H,21,24)(H,22,25). The summed E-state index contributed by atoms with van der Waals surface area (Å²) in [6, 6.07) is 14.9. The average molecular weight is 418 g/mol. The fourth-order valence-electron chi connectivity index (χ4n) is 2.65. The Morgan fingerprint density at radius 1 is 1.07 bits per heavy atom. The highest BCUT2D eigenvalue weighted by atomic mass is 32.2. The lowest BCUT2D eigenvalue weighted by atomic mass is 10.2. The third kappa shape index (κ3) is 5.36. The van der Waals surface area contributed by atoms with Crippen molar-refractivity contribution in [3.8, 4) is 5.75 Å². The summed E-state index contributed by atoms with van der Waals surface area (Å²) < 4.78 is 6.04. The van der Waals surface area contributed by atoms with Crippen LogP contribution in [0, 0.1) is 0 Å². The Morgan fingerprint density at radius 2 is 1.82 bits per heavy atom. The van der Waals surface area contributed by atoms with Gasteiger partial charge >= 0.3 is 0 Å². The summed E-state index contributed by atoms with van der Waals surface area (Å²) in [5.41, 5.74) is 7.29. The summed E-state index contributed by atoms with van der Waals surface area (Å²) >= 11 is 3.76. The van der Waals surface area contributed by atoms with E-state index in [2.05, 4.69) is 10.9 Å². The van der Waals surface area contributed by atoms with E-state index in [-0.39, 0.29) is 12.5 Å². The number of hydrazine groups is 1. The van der Waals surface area contributed by atoms with Crippen molar-refractivity contribution in [1.82, 2.24) is 10.9 Å². The van der Waals surface area contributed by atoms with E-state index in [9.17, 15) is 9.59 Å². The van der Waals surface area contributed by atoms with Crippen LogP contribution in [0.1, 0.15) is 20.5 Å². The molecule has 2 amide bonds. The molecule has 0 bridgehead atoms. The second-order valence-corrected chi connectivity index (χ2v) is 9.07. The number of rotatable bonds is 6. The number of benzene rings is 2. The topological polar surface area (TPSA) is 70.7 Å². The molecule has 148 valence electrons. The van der Waals surface area contributed by atoms with Gasteiger partial charge in [0.1, 0.15) is 5.75 Å². The largest absolute Gasteiger partial charge is 0.483 e. The molecule has 2 aromatic carbocycles. The molecule has 1 fully saturated rings. The predicted molar refractivity (Wildman–Crippen MR) is 116 cm³/mol. The van der Waals surface area contributed by atoms with Crippen molar-refractivity contribution in [3.63, 3.8) is 0 Å². The van der Waals surface area contributed by atoms with Crippen molar-refractivity contribution in [2.75, 3.05) is 37.1 Å². The number of nitrogens with zero attached hydrogens (tertiary/aromatic N) is 1. The van der Waals surface area contributed by atoms with Crippen LogP contribution >= 0.6 is 23.5 Å². The average Bonchev–Trinajstić information content (AvgIpc) is 3.25. The Morgan fingerprint density at radius 3 is 2.57 bits per heavy atom. The van der Waals surface area contributed by atoms with Gasteiger partial charge in [0.2, 0.25) is 0 Å². The van der Waals surface area contributed by atoms with Crippen LogP contribution in [-0.4, -0.2) is 44.0 Å². The van der Waals surface area contributed by atoms with E-state index in [1.165, 1.54) is 0 Å². The number of hydrogen-bond acceptors (Lipinski definition) is 6. The predicted octanol–water partition coefficient (Wildman–Crippen LogP) is 3.07. The van der Waals surface area contributed by atoms with Gasteiger partial charge in [-0.05, 0) is 24.3 Å². The lowest BCUT2D eigenvalue weighted by Gasteiger charge is -2.15. The molecule has 2 N–H and O–H groups in total. The SMILES string of the molecule is CN(C)c1cccc(C(=O)NNC(=O)COc2ccccc2C2SCCS2)c1. The van der Waals surface area contributed by atoms with Gasteiger partial charge in [0.25, 0.3) is 11.8 Å². The van der Waals surface area contributed by atoms with Crippen LogP contribution in [0.25, 0.3) is 0 Å². The maximum atomic E-state index is 12.2. The van der Waals surface area contributed by atoms with Gasteiger partial charge in [-0.25, -0.2) is 0 Å². The number of amides is 2. The summed E-state index contributed by atoms with van der Waals surface area (Å²) in [5.74, 6) is 2.14. The van der Waals surface area contributed by atoms with Gasteiger partial charge in [0.05, 0.1) is 4.58 Å². The number of anilines is 1. The number of ether oxygens (including phenoxy) is 1. The Hall–Kier alpha value is -2.32. The minimum Gasteiger partial charge on any atom is -0.483 e. The fraction of sp³-hybridized carbons (Fsp3) is 0.300. The molecule has 1 heterocycles. The summed E-state index contributed by atoms with van der Waals surface area (Å²) in [6.45, 7) is -0.170. The molecule has 0 unspecified atom stereocenters. The molecule has 28 heavy (non-hydrogen) atoms. The first-order chi connectivity index (χ1) is 13.5. The molecule has 8 heteroatoms. The zero-order valence-corrected chi connectivity index (χ0v) is 17.4. The van der Waals surface area contributed by atoms with E-state index in [0.717, 1.165) is 22.8 Å². The van der Waals surface area contributed by atoms with Crippen LogP contribution in [0.2, 0.25) is 0 Å². The van der Waals surface area contributed by atoms with E-state index in [1.54, 1.807) is 18.2 Å². The zero-order valence-electron chi connectivity index (χ0n) is 15.8. The molecule has 1 aliphatic rings. The summed E-state index contributed by atoms with van der Waals surface area (Å²) in [4.78, 5) is 26.2.